The zero-order chi connectivity index (χ0) is 19.8. The smallest absolute Gasteiger partial charge is 0.194 e. The fourth-order valence-electron chi connectivity index (χ4n) is 4.55. The van der Waals surface area contributed by atoms with E-state index in [0.717, 1.165) is 75.7 Å². The molecule has 2 fully saturated rings. The molecule has 0 amide bonds. The Bertz CT molecular complexity index is 572. The minimum absolute atomic E-state index is 0.832. The molecule has 3 heterocycles. The summed E-state index contributed by atoms with van der Waals surface area (Å²) in [5.41, 5.74) is 1.01. The molecule has 0 saturated carbocycles. The summed E-state index contributed by atoms with van der Waals surface area (Å²) in [7, 11) is 0. The predicted octanol–water partition coefficient (Wildman–Crippen LogP) is 2.13. The van der Waals surface area contributed by atoms with Crippen molar-refractivity contribution < 1.29 is 4.52 Å². The van der Waals surface area contributed by atoms with Gasteiger partial charge in [-0.15, -0.1) is 0 Å². The lowest BCUT2D eigenvalue weighted by atomic mass is 9.92. The van der Waals surface area contributed by atoms with Gasteiger partial charge in [0.05, 0.1) is 5.69 Å². The lowest BCUT2D eigenvalue weighted by Gasteiger charge is -2.36. The molecule has 7 nitrogen and oxygen atoms in total. The van der Waals surface area contributed by atoms with E-state index >= 15 is 0 Å². The van der Waals surface area contributed by atoms with E-state index in [1.807, 2.05) is 6.07 Å². The van der Waals surface area contributed by atoms with Crippen LogP contribution in [0, 0.1) is 11.8 Å². The van der Waals surface area contributed by atoms with Crippen LogP contribution in [0.2, 0.25) is 0 Å². The molecule has 2 unspecified atom stereocenters. The second-order valence-electron chi connectivity index (χ2n) is 8.55. The molecule has 0 spiro atoms. The van der Waals surface area contributed by atoms with Crippen molar-refractivity contribution in [1.82, 2.24) is 25.2 Å². The Hall–Kier alpha value is -1.60. The van der Waals surface area contributed by atoms with Crippen molar-refractivity contribution in [3.8, 4) is 0 Å². The highest BCUT2D eigenvalue weighted by atomic mass is 16.5. The zero-order valence-electron chi connectivity index (χ0n) is 17.9. The molecule has 2 aliphatic heterocycles. The molecule has 7 heteroatoms. The third kappa shape index (κ3) is 6.48. The van der Waals surface area contributed by atoms with Crippen LogP contribution in [0.1, 0.15) is 39.3 Å². The molecular weight excluding hydrogens is 352 g/mol. The molecule has 1 aromatic heterocycles. The molecule has 0 aliphatic carbocycles. The third-order valence-corrected chi connectivity index (χ3v) is 5.72. The first-order chi connectivity index (χ1) is 13.6. The molecule has 1 N–H and O–H groups in total. The minimum atomic E-state index is 0.832. The van der Waals surface area contributed by atoms with Gasteiger partial charge in [0.25, 0.3) is 0 Å². The van der Waals surface area contributed by atoms with Gasteiger partial charge in [0.1, 0.15) is 6.26 Å². The van der Waals surface area contributed by atoms with Crippen molar-refractivity contribution >= 4 is 5.96 Å². The largest absolute Gasteiger partial charge is 0.364 e. The molecule has 0 radical (unpaired) electrons. The first kappa shape index (κ1) is 21.1. The standard InChI is InChI=1S/C21H38N6O/c1-4-22-21(23-7-5-8-26-15-18(2)14-19(3)16-26)27-11-9-25(10-12-27)17-20-6-13-28-24-20/h6,13,18-19H,4-5,7-12,14-17H2,1-3H3,(H,22,23). The SMILES string of the molecule is CCNC(=NCCCN1CC(C)CC(C)C1)N1CCN(Cc2ccon2)CC1. The first-order valence-corrected chi connectivity index (χ1v) is 11.0. The van der Waals surface area contributed by atoms with E-state index in [-0.39, 0.29) is 0 Å². The van der Waals surface area contributed by atoms with Crippen LogP contribution in [0.25, 0.3) is 0 Å². The van der Waals surface area contributed by atoms with Gasteiger partial charge in [0, 0.05) is 65.0 Å². The van der Waals surface area contributed by atoms with Gasteiger partial charge < -0.3 is 19.6 Å². The fourth-order valence-corrected chi connectivity index (χ4v) is 4.55. The number of likely N-dealkylation sites (tertiary alicyclic amines) is 1. The maximum absolute atomic E-state index is 4.94. The van der Waals surface area contributed by atoms with Crippen molar-refractivity contribution in [3.63, 3.8) is 0 Å². The van der Waals surface area contributed by atoms with Gasteiger partial charge in [-0.2, -0.15) is 0 Å². The van der Waals surface area contributed by atoms with Gasteiger partial charge in [0.2, 0.25) is 0 Å². The van der Waals surface area contributed by atoms with E-state index in [0.29, 0.717) is 0 Å². The average molecular weight is 391 g/mol. The van der Waals surface area contributed by atoms with Crippen LogP contribution >= 0.6 is 0 Å². The van der Waals surface area contributed by atoms with E-state index < -0.39 is 0 Å². The van der Waals surface area contributed by atoms with E-state index in [2.05, 4.69) is 45.9 Å². The average Bonchev–Trinajstić information content (AvgIpc) is 3.17. The second kappa shape index (κ2) is 10.8. The Morgan fingerprint density at radius 2 is 1.93 bits per heavy atom. The highest BCUT2D eigenvalue weighted by molar-refractivity contribution is 5.80. The molecule has 2 saturated heterocycles. The number of piperidine rings is 1. The number of guanidine groups is 1. The number of piperazine rings is 1. The number of nitrogens with zero attached hydrogens (tertiary/aromatic N) is 5. The van der Waals surface area contributed by atoms with Crippen molar-refractivity contribution in [2.45, 2.75) is 40.2 Å². The van der Waals surface area contributed by atoms with Gasteiger partial charge >= 0.3 is 0 Å². The fraction of sp³-hybridized carbons (Fsp3) is 0.810. The van der Waals surface area contributed by atoms with E-state index in [9.17, 15) is 0 Å². The maximum atomic E-state index is 4.94. The molecule has 2 aliphatic rings. The van der Waals surface area contributed by atoms with Gasteiger partial charge in [0.15, 0.2) is 5.96 Å². The summed E-state index contributed by atoms with van der Waals surface area (Å²) in [4.78, 5) is 12.4. The Labute approximate surface area is 170 Å². The topological polar surface area (TPSA) is 60.1 Å². The molecule has 158 valence electrons. The number of nitrogens with one attached hydrogen (secondary N) is 1. The predicted molar refractivity (Wildman–Crippen MR) is 113 cm³/mol. The van der Waals surface area contributed by atoms with E-state index in [1.54, 1.807) is 6.26 Å². The number of hydrogen-bond donors (Lipinski definition) is 1. The Morgan fingerprint density at radius 3 is 2.57 bits per heavy atom. The minimum Gasteiger partial charge on any atom is -0.364 e. The zero-order valence-corrected chi connectivity index (χ0v) is 17.9. The summed E-state index contributed by atoms with van der Waals surface area (Å²) in [5, 5.41) is 7.50. The summed E-state index contributed by atoms with van der Waals surface area (Å²) in [5.74, 6) is 2.74. The molecule has 0 bridgehead atoms. The summed E-state index contributed by atoms with van der Waals surface area (Å²) in [6.07, 6.45) is 4.16. The molecule has 2 atom stereocenters. The first-order valence-electron chi connectivity index (χ1n) is 11.0. The highest BCUT2D eigenvalue weighted by Gasteiger charge is 2.22. The van der Waals surface area contributed by atoms with Crippen molar-refractivity contribution in [2.75, 3.05) is 58.9 Å². The Kier molecular flexibility index (Phi) is 8.15. The van der Waals surface area contributed by atoms with Gasteiger partial charge in [-0.3, -0.25) is 9.89 Å². The molecule has 3 rings (SSSR count). The van der Waals surface area contributed by atoms with Gasteiger partial charge in [-0.1, -0.05) is 19.0 Å². The van der Waals surface area contributed by atoms with Gasteiger partial charge in [-0.25, -0.2) is 0 Å². The van der Waals surface area contributed by atoms with E-state index in [1.165, 1.54) is 26.1 Å². The van der Waals surface area contributed by atoms with Crippen LogP contribution in [-0.2, 0) is 6.54 Å². The molecular formula is C21H38N6O. The van der Waals surface area contributed by atoms with E-state index in [4.69, 9.17) is 9.52 Å². The van der Waals surface area contributed by atoms with Crippen molar-refractivity contribution in [2.24, 2.45) is 16.8 Å². The molecule has 1 aromatic rings. The lowest BCUT2D eigenvalue weighted by Crippen LogP contribution is -2.52. The van der Waals surface area contributed by atoms with Crippen LogP contribution < -0.4 is 5.32 Å². The third-order valence-electron chi connectivity index (χ3n) is 5.72. The monoisotopic (exact) mass is 390 g/mol. The van der Waals surface area contributed by atoms with Crippen LogP contribution in [0.4, 0.5) is 0 Å². The molecule has 28 heavy (non-hydrogen) atoms. The second-order valence-corrected chi connectivity index (χ2v) is 8.55. The summed E-state index contributed by atoms with van der Waals surface area (Å²) >= 11 is 0. The van der Waals surface area contributed by atoms with Crippen LogP contribution in [0.5, 0.6) is 0 Å². The number of rotatable bonds is 7. The highest BCUT2D eigenvalue weighted by Crippen LogP contribution is 2.20. The quantitative estimate of drug-likeness (QED) is 0.437. The van der Waals surface area contributed by atoms with Crippen LogP contribution in [0.15, 0.2) is 21.8 Å². The van der Waals surface area contributed by atoms with Crippen molar-refractivity contribution in [1.29, 1.82) is 0 Å². The Balaban J connectivity index is 1.41. The summed E-state index contributed by atoms with van der Waals surface area (Å²) < 4.78 is 4.94. The Morgan fingerprint density at radius 1 is 1.18 bits per heavy atom. The maximum Gasteiger partial charge on any atom is 0.194 e. The summed E-state index contributed by atoms with van der Waals surface area (Å²) in [6.45, 7) is 17.3. The number of aliphatic imine (C=N–C) groups is 1. The lowest BCUT2D eigenvalue weighted by molar-refractivity contribution is 0.140. The number of aromatic nitrogens is 1. The normalized spacial score (nSPS) is 25.2. The summed E-state index contributed by atoms with van der Waals surface area (Å²) in [6, 6.07) is 1.95. The molecule has 0 aromatic carbocycles. The van der Waals surface area contributed by atoms with Gasteiger partial charge in [-0.05, 0) is 38.1 Å². The van der Waals surface area contributed by atoms with Crippen molar-refractivity contribution in [3.05, 3.63) is 18.0 Å². The van der Waals surface area contributed by atoms with Crippen LogP contribution in [-0.4, -0.2) is 84.7 Å². The van der Waals surface area contributed by atoms with Crippen LogP contribution in [0.3, 0.4) is 0 Å². The number of hydrogen-bond acceptors (Lipinski definition) is 5.